The van der Waals surface area contributed by atoms with Crippen molar-refractivity contribution in [2.75, 3.05) is 0 Å². The summed E-state index contributed by atoms with van der Waals surface area (Å²) >= 11 is 0. The van der Waals surface area contributed by atoms with Gasteiger partial charge < -0.3 is 9.47 Å². The smallest absolute Gasteiger partial charge is 0.357 e. The minimum Gasteiger partial charge on any atom is -0.457 e. The fourth-order valence-corrected chi connectivity index (χ4v) is 2.92. The van der Waals surface area contributed by atoms with Crippen LogP contribution in [0.25, 0.3) is 11.8 Å². The van der Waals surface area contributed by atoms with Gasteiger partial charge in [0, 0.05) is 5.56 Å². The van der Waals surface area contributed by atoms with Crippen molar-refractivity contribution in [3.05, 3.63) is 102 Å². The third-order valence-corrected chi connectivity index (χ3v) is 4.47. The first kappa shape index (κ1) is 20.0. The van der Waals surface area contributed by atoms with Crippen molar-refractivity contribution in [3.63, 3.8) is 0 Å². The van der Waals surface area contributed by atoms with E-state index in [4.69, 9.17) is 9.47 Å². The van der Waals surface area contributed by atoms with Crippen molar-refractivity contribution in [1.82, 2.24) is 20.2 Å². The van der Waals surface area contributed by atoms with Crippen LogP contribution >= 0.6 is 0 Å². The molecular weight excluding hydrogens is 392 g/mol. The number of ether oxygens (including phenoxy) is 2. The van der Waals surface area contributed by atoms with Crippen molar-refractivity contribution in [1.29, 1.82) is 0 Å². The highest BCUT2D eigenvalue weighted by Crippen LogP contribution is 2.26. The number of aryl methyl sites for hydroxylation is 1. The van der Waals surface area contributed by atoms with Gasteiger partial charge in [0.05, 0.1) is 0 Å². The van der Waals surface area contributed by atoms with Gasteiger partial charge in [-0.2, -0.15) is 4.68 Å². The van der Waals surface area contributed by atoms with Gasteiger partial charge in [0.1, 0.15) is 18.1 Å². The first-order valence-electron chi connectivity index (χ1n) is 9.71. The fourth-order valence-electron chi connectivity index (χ4n) is 2.92. The quantitative estimate of drug-likeness (QED) is 0.328. The summed E-state index contributed by atoms with van der Waals surface area (Å²) in [7, 11) is 0. The molecule has 0 unspecified atom stereocenters. The zero-order valence-corrected chi connectivity index (χ0v) is 16.9. The van der Waals surface area contributed by atoms with Crippen molar-refractivity contribution < 1.29 is 14.3 Å². The number of tetrazole rings is 1. The van der Waals surface area contributed by atoms with Crippen LogP contribution in [0.5, 0.6) is 11.5 Å². The second-order valence-corrected chi connectivity index (χ2v) is 6.68. The lowest BCUT2D eigenvalue weighted by Gasteiger charge is -2.13. The summed E-state index contributed by atoms with van der Waals surface area (Å²) < 4.78 is 12.9. The predicted molar refractivity (Wildman–Crippen MR) is 116 cm³/mol. The van der Waals surface area contributed by atoms with Crippen LogP contribution in [0.15, 0.2) is 84.9 Å². The van der Waals surface area contributed by atoms with Crippen LogP contribution in [-0.4, -0.2) is 26.2 Å². The number of benzene rings is 3. The lowest BCUT2D eigenvalue weighted by Crippen LogP contribution is -2.15. The van der Waals surface area contributed by atoms with Gasteiger partial charge in [0.15, 0.2) is 11.5 Å². The summed E-state index contributed by atoms with van der Waals surface area (Å²) in [5.41, 5.74) is 1.79. The molecule has 1 aromatic heterocycles. The average Bonchev–Trinajstić information content (AvgIpc) is 3.23. The van der Waals surface area contributed by atoms with Crippen LogP contribution < -0.4 is 4.74 Å². The minimum atomic E-state index is -0.547. The van der Waals surface area contributed by atoms with E-state index < -0.39 is 5.97 Å². The Hall–Kier alpha value is -4.26. The largest absolute Gasteiger partial charge is 0.457 e. The number of rotatable bonds is 7. The molecule has 7 nitrogen and oxygen atoms in total. The van der Waals surface area contributed by atoms with E-state index in [-0.39, 0.29) is 12.3 Å². The molecule has 0 aliphatic carbocycles. The average molecular weight is 412 g/mol. The van der Waals surface area contributed by atoms with Gasteiger partial charge in [0.25, 0.3) is 0 Å². The van der Waals surface area contributed by atoms with E-state index in [1.807, 2.05) is 84.9 Å². The molecule has 0 atom stereocenters. The topological polar surface area (TPSA) is 79.1 Å². The second-order valence-electron chi connectivity index (χ2n) is 6.68. The number of aromatic nitrogens is 4. The zero-order valence-electron chi connectivity index (χ0n) is 16.9. The highest BCUT2D eigenvalue weighted by atomic mass is 16.5. The third kappa shape index (κ3) is 5.02. The standard InChI is InChI=1S/C24H20N4O3/c1-18-25-26-27-28(18)22(16-19-10-4-2-5-11-19)24(29)30-17-20-12-8-9-15-23(20)31-21-13-6-3-7-14-21/h2-16H,17H2,1H3/b22-16-. The molecule has 4 rings (SSSR count). The number of nitrogens with zero attached hydrogens (tertiary/aromatic N) is 4. The second kappa shape index (κ2) is 9.49. The summed E-state index contributed by atoms with van der Waals surface area (Å²) in [5, 5.41) is 11.4. The molecule has 31 heavy (non-hydrogen) atoms. The zero-order chi connectivity index (χ0) is 21.5. The number of hydrogen-bond acceptors (Lipinski definition) is 6. The summed E-state index contributed by atoms with van der Waals surface area (Å²) in [6.07, 6.45) is 1.69. The summed E-state index contributed by atoms with van der Waals surface area (Å²) in [4.78, 5) is 13.0. The highest BCUT2D eigenvalue weighted by Gasteiger charge is 2.18. The maximum atomic E-state index is 13.0. The molecule has 0 fully saturated rings. The van der Waals surface area contributed by atoms with E-state index in [1.54, 1.807) is 13.0 Å². The monoisotopic (exact) mass is 412 g/mol. The van der Waals surface area contributed by atoms with Crippen LogP contribution in [0.1, 0.15) is 17.0 Å². The van der Waals surface area contributed by atoms with Crippen LogP contribution in [0.2, 0.25) is 0 Å². The molecule has 0 N–H and O–H groups in total. The molecule has 0 saturated carbocycles. The van der Waals surface area contributed by atoms with E-state index in [9.17, 15) is 4.79 Å². The fraction of sp³-hybridized carbons (Fsp3) is 0.0833. The van der Waals surface area contributed by atoms with Crippen molar-refractivity contribution >= 4 is 17.7 Å². The maximum Gasteiger partial charge on any atom is 0.357 e. The van der Waals surface area contributed by atoms with Crippen molar-refractivity contribution in [2.24, 2.45) is 0 Å². The molecule has 0 radical (unpaired) electrons. The number of hydrogen-bond donors (Lipinski definition) is 0. The van der Waals surface area contributed by atoms with E-state index in [2.05, 4.69) is 15.5 Å². The lowest BCUT2D eigenvalue weighted by molar-refractivity contribution is -0.138. The molecule has 0 aliphatic heterocycles. The van der Waals surface area contributed by atoms with Crippen LogP contribution in [-0.2, 0) is 16.1 Å². The molecule has 154 valence electrons. The maximum absolute atomic E-state index is 13.0. The molecule has 0 bridgehead atoms. The van der Waals surface area contributed by atoms with Crippen LogP contribution in [0.4, 0.5) is 0 Å². The molecular formula is C24H20N4O3. The van der Waals surface area contributed by atoms with E-state index in [1.165, 1.54) is 4.68 Å². The summed E-state index contributed by atoms with van der Waals surface area (Å²) in [6.45, 7) is 1.75. The van der Waals surface area contributed by atoms with Gasteiger partial charge in [-0.05, 0) is 47.2 Å². The summed E-state index contributed by atoms with van der Waals surface area (Å²) in [5.74, 6) is 1.25. The van der Waals surface area contributed by atoms with Gasteiger partial charge in [-0.3, -0.25) is 0 Å². The summed E-state index contributed by atoms with van der Waals surface area (Å²) in [6, 6.07) is 26.3. The third-order valence-electron chi connectivity index (χ3n) is 4.47. The number of carbonyl (C=O) groups is 1. The van der Waals surface area contributed by atoms with Gasteiger partial charge >= 0.3 is 5.97 Å². The lowest BCUT2D eigenvalue weighted by atomic mass is 10.2. The van der Waals surface area contributed by atoms with E-state index in [0.717, 1.165) is 11.1 Å². The highest BCUT2D eigenvalue weighted by molar-refractivity contribution is 6.15. The molecule has 1 heterocycles. The molecule has 0 amide bonds. The molecule has 0 aliphatic rings. The molecule has 0 saturated heterocycles. The first-order valence-corrected chi connectivity index (χ1v) is 9.71. The van der Waals surface area contributed by atoms with Crippen LogP contribution in [0.3, 0.4) is 0 Å². The first-order chi connectivity index (χ1) is 15.2. The Morgan fingerprint density at radius 2 is 1.61 bits per heavy atom. The van der Waals surface area contributed by atoms with Gasteiger partial charge in [-0.25, -0.2) is 4.79 Å². The van der Waals surface area contributed by atoms with Gasteiger partial charge in [-0.15, -0.1) is 5.10 Å². The van der Waals surface area contributed by atoms with Gasteiger partial charge in [-0.1, -0.05) is 66.7 Å². The Bertz CT molecular complexity index is 1190. The molecule has 3 aromatic carbocycles. The Morgan fingerprint density at radius 1 is 0.935 bits per heavy atom. The Labute approximate surface area is 179 Å². The van der Waals surface area contributed by atoms with E-state index in [0.29, 0.717) is 17.3 Å². The molecule has 4 aromatic rings. The van der Waals surface area contributed by atoms with Gasteiger partial charge in [0.2, 0.25) is 0 Å². The van der Waals surface area contributed by atoms with E-state index >= 15 is 0 Å². The minimum absolute atomic E-state index is 0.0368. The normalized spacial score (nSPS) is 11.2. The molecule has 7 heteroatoms. The number of esters is 1. The SMILES string of the molecule is Cc1nnnn1/C(=C\c1ccccc1)C(=O)OCc1ccccc1Oc1ccccc1. The Kier molecular flexibility index (Phi) is 6.13. The molecule has 0 spiro atoms. The van der Waals surface area contributed by atoms with Crippen LogP contribution in [0, 0.1) is 6.92 Å². The Balaban J connectivity index is 1.55. The predicted octanol–water partition coefficient (Wildman–Crippen LogP) is 4.52. The number of carbonyl (C=O) groups excluding carboxylic acids is 1. The van der Waals surface area contributed by atoms with Crippen molar-refractivity contribution in [2.45, 2.75) is 13.5 Å². The van der Waals surface area contributed by atoms with Crippen molar-refractivity contribution in [3.8, 4) is 11.5 Å². The number of para-hydroxylation sites is 2. The Morgan fingerprint density at radius 3 is 2.32 bits per heavy atom.